The molecular weight excluding hydrogens is 302 g/mol. The highest BCUT2D eigenvalue weighted by Gasteiger charge is 2.32. The van der Waals surface area contributed by atoms with Crippen molar-refractivity contribution in [3.8, 4) is 5.69 Å². The van der Waals surface area contributed by atoms with Crippen molar-refractivity contribution in [3.63, 3.8) is 0 Å². The van der Waals surface area contributed by atoms with Crippen LogP contribution in [0.1, 0.15) is 23.2 Å². The molecule has 126 valence electrons. The second kappa shape index (κ2) is 6.79. The number of carbonyl (C=O) groups excluding carboxylic acids is 1. The summed E-state index contributed by atoms with van der Waals surface area (Å²) < 4.78 is 7.90. The van der Waals surface area contributed by atoms with Crippen LogP contribution in [0.5, 0.6) is 0 Å². The molecule has 2 saturated heterocycles. The molecule has 4 rings (SSSR count). The number of benzene rings is 1. The lowest BCUT2D eigenvalue weighted by Crippen LogP contribution is -2.50. The molecule has 2 aliphatic heterocycles. The van der Waals surface area contributed by atoms with Crippen LogP contribution in [0.2, 0.25) is 0 Å². The van der Waals surface area contributed by atoms with E-state index in [0.717, 1.165) is 18.8 Å². The van der Waals surface area contributed by atoms with Crippen molar-refractivity contribution in [2.24, 2.45) is 0 Å². The first-order chi connectivity index (χ1) is 11.8. The smallest absolute Gasteiger partial charge is 0.251 e. The SMILES string of the molecule is O=C(NC[C@@H]1CN2CCC[C@H]2CO1)c1ccc(-n2cccc2)cc1. The van der Waals surface area contributed by atoms with E-state index in [-0.39, 0.29) is 12.0 Å². The summed E-state index contributed by atoms with van der Waals surface area (Å²) in [6, 6.07) is 12.2. The van der Waals surface area contributed by atoms with Crippen LogP contribution in [0.4, 0.5) is 0 Å². The quantitative estimate of drug-likeness (QED) is 0.936. The number of amides is 1. The van der Waals surface area contributed by atoms with Gasteiger partial charge in [-0.05, 0) is 55.8 Å². The first-order valence-electron chi connectivity index (χ1n) is 8.67. The van der Waals surface area contributed by atoms with Gasteiger partial charge < -0.3 is 14.6 Å². The number of nitrogens with zero attached hydrogens (tertiary/aromatic N) is 2. The topological polar surface area (TPSA) is 46.5 Å². The van der Waals surface area contributed by atoms with Crippen molar-refractivity contribution in [1.82, 2.24) is 14.8 Å². The number of aromatic nitrogens is 1. The number of morpholine rings is 1. The summed E-state index contributed by atoms with van der Waals surface area (Å²) in [5, 5.41) is 3.01. The molecular formula is C19H23N3O2. The van der Waals surface area contributed by atoms with Gasteiger partial charge in [-0.3, -0.25) is 9.69 Å². The second-order valence-electron chi connectivity index (χ2n) is 6.59. The fraction of sp³-hybridized carbons (Fsp3) is 0.421. The largest absolute Gasteiger partial charge is 0.373 e. The number of nitrogens with one attached hydrogen (secondary N) is 1. The highest BCUT2D eigenvalue weighted by molar-refractivity contribution is 5.94. The normalized spacial score (nSPS) is 23.8. The van der Waals surface area contributed by atoms with Crippen LogP contribution in [-0.2, 0) is 4.74 Å². The van der Waals surface area contributed by atoms with Crippen LogP contribution in [0.15, 0.2) is 48.8 Å². The van der Waals surface area contributed by atoms with Gasteiger partial charge in [0.25, 0.3) is 5.91 Å². The monoisotopic (exact) mass is 325 g/mol. The molecule has 3 heterocycles. The summed E-state index contributed by atoms with van der Waals surface area (Å²) in [5.41, 5.74) is 1.73. The lowest BCUT2D eigenvalue weighted by molar-refractivity contribution is -0.0461. The number of hydrogen-bond acceptors (Lipinski definition) is 3. The maximum Gasteiger partial charge on any atom is 0.251 e. The third-order valence-electron chi connectivity index (χ3n) is 4.98. The van der Waals surface area contributed by atoms with Crippen molar-refractivity contribution in [1.29, 1.82) is 0 Å². The van der Waals surface area contributed by atoms with Gasteiger partial charge >= 0.3 is 0 Å². The zero-order valence-electron chi connectivity index (χ0n) is 13.7. The summed E-state index contributed by atoms with van der Waals surface area (Å²) in [7, 11) is 0. The molecule has 2 aliphatic rings. The maximum atomic E-state index is 12.3. The Morgan fingerprint density at radius 1 is 1.21 bits per heavy atom. The van der Waals surface area contributed by atoms with E-state index in [9.17, 15) is 4.79 Å². The van der Waals surface area contributed by atoms with E-state index < -0.39 is 0 Å². The van der Waals surface area contributed by atoms with Gasteiger partial charge in [-0.15, -0.1) is 0 Å². The van der Waals surface area contributed by atoms with Gasteiger partial charge in [0.05, 0.1) is 12.7 Å². The second-order valence-corrected chi connectivity index (χ2v) is 6.59. The molecule has 0 spiro atoms. The molecule has 0 unspecified atom stereocenters. The summed E-state index contributed by atoms with van der Waals surface area (Å²) in [6.07, 6.45) is 6.58. The predicted molar refractivity (Wildman–Crippen MR) is 92.4 cm³/mol. The minimum atomic E-state index is -0.0406. The molecule has 1 amide bonds. The van der Waals surface area contributed by atoms with Gasteiger partial charge in [0, 0.05) is 42.8 Å². The third-order valence-corrected chi connectivity index (χ3v) is 4.98. The first-order valence-corrected chi connectivity index (χ1v) is 8.67. The van der Waals surface area contributed by atoms with E-state index in [4.69, 9.17) is 4.74 Å². The molecule has 0 aliphatic carbocycles. The summed E-state index contributed by atoms with van der Waals surface area (Å²) in [6.45, 7) is 3.46. The van der Waals surface area contributed by atoms with Crippen LogP contribution in [0.3, 0.4) is 0 Å². The van der Waals surface area contributed by atoms with Crippen LogP contribution in [-0.4, -0.2) is 53.8 Å². The molecule has 5 heteroatoms. The van der Waals surface area contributed by atoms with E-state index in [1.54, 1.807) is 0 Å². The average Bonchev–Trinajstić information content (AvgIpc) is 3.31. The van der Waals surface area contributed by atoms with E-state index >= 15 is 0 Å². The zero-order valence-corrected chi connectivity index (χ0v) is 13.7. The molecule has 2 fully saturated rings. The number of hydrogen-bond donors (Lipinski definition) is 1. The molecule has 0 saturated carbocycles. The van der Waals surface area contributed by atoms with Gasteiger partial charge in [-0.25, -0.2) is 0 Å². The van der Waals surface area contributed by atoms with Gasteiger partial charge in [-0.2, -0.15) is 0 Å². The highest BCUT2D eigenvalue weighted by Crippen LogP contribution is 2.22. The number of fused-ring (bicyclic) bond motifs is 1. The lowest BCUT2D eigenvalue weighted by Gasteiger charge is -2.35. The van der Waals surface area contributed by atoms with Crippen molar-refractivity contribution in [2.45, 2.75) is 25.0 Å². The minimum Gasteiger partial charge on any atom is -0.373 e. The highest BCUT2D eigenvalue weighted by atomic mass is 16.5. The Hall–Kier alpha value is -2.11. The van der Waals surface area contributed by atoms with Crippen molar-refractivity contribution < 1.29 is 9.53 Å². The van der Waals surface area contributed by atoms with Crippen molar-refractivity contribution >= 4 is 5.91 Å². The summed E-state index contributed by atoms with van der Waals surface area (Å²) in [5.74, 6) is -0.0406. The average molecular weight is 325 g/mol. The van der Waals surface area contributed by atoms with Gasteiger partial charge in [-0.1, -0.05) is 0 Å². The summed E-state index contributed by atoms with van der Waals surface area (Å²) >= 11 is 0. The molecule has 1 aromatic heterocycles. The number of rotatable bonds is 4. The van der Waals surface area contributed by atoms with Crippen molar-refractivity contribution in [2.75, 3.05) is 26.2 Å². The Kier molecular flexibility index (Phi) is 4.36. The van der Waals surface area contributed by atoms with Crippen LogP contribution < -0.4 is 5.32 Å². The zero-order chi connectivity index (χ0) is 16.4. The van der Waals surface area contributed by atoms with E-state index in [1.165, 1.54) is 19.4 Å². The Morgan fingerprint density at radius 3 is 2.79 bits per heavy atom. The molecule has 1 N–H and O–H groups in total. The minimum absolute atomic E-state index is 0.0406. The van der Waals surface area contributed by atoms with Gasteiger partial charge in [0.1, 0.15) is 0 Å². The molecule has 2 aromatic rings. The fourth-order valence-electron chi connectivity index (χ4n) is 3.61. The Balaban J connectivity index is 1.31. The number of ether oxygens (including phenoxy) is 1. The molecule has 0 bridgehead atoms. The molecule has 24 heavy (non-hydrogen) atoms. The molecule has 2 atom stereocenters. The molecule has 0 radical (unpaired) electrons. The van der Waals surface area contributed by atoms with E-state index in [0.29, 0.717) is 18.2 Å². The van der Waals surface area contributed by atoms with E-state index in [1.807, 2.05) is 53.4 Å². The number of carbonyl (C=O) groups is 1. The Morgan fingerprint density at radius 2 is 2.00 bits per heavy atom. The van der Waals surface area contributed by atoms with E-state index in [2.05, 4.69) is 10.2 Å². The van der Waals surface area contributed by atoms with Crippen LogP contribution in [0, 0.1) is 0 Å². The third kappa shape index (κ3) is 3.23. The fourth-order valence-corrected chi connectivity index (χ4v) is 3.61. The Labute approximate surface area is 142 Å². The Bertz CT molecular complexity index is 681. The maximum absolute atomic E-state index is 12.3. The molecule has 1 aromatic carbocycles. The standard InChI is InChI=1S/C19H23N3O2/c23-19(15-5-7-16(8-6-15)21-9-1-2-10-21)20-12-18-13-22-11-3-4-17(22)14-24-18/h1-2,5-10,17-18H,3-4,11-14H2,(H,20,23)/t17-,18+/m0/s1. The van der Waals surface area contributed by atoms with Crippen LogP contribution in [0.25, 0.3) is 5.69 Å². The first kappa shape index (κ1) is 15.4. The summed E-state index contributed by atoms with van der Waals surface area (Å²) in [4.78, 5) is 14.8. The predicted octanol–water partition coefficient (Wildman–Crippen LogP) is 2.07. The van der Waals surface area contributed by atoms with Crippen LogP contribution >= 0.6 is 0 Å². The van der Waals surface area contributed by atoms with Gasteiger partial charge in [0.15, 0.2) is 0 Å². The lowest BCUT2D eigenvalue weighted by atomic mass is 10.1. The van der Waals surface area contributed by atoms with Crippen molar-refractivity contribution in [3.05, 3.63) is 54.4 Å². The molecule has 5 nitrogen and oxygen atoms in total. The van der Waals surface area contributed by atoms with Gasteiger partial charge in [0.2, 0.25) is 0 Å².